The van der Waals surface area contributed by atoms with Crippen LogP contribution in [-0.4, -0.2) is 23.2 Å². The van der Waals surface area contributed by atoms with Gasteiger partial charge in [-0.3, -0.25) is 4.79 Å². The topological polar surface area (TPSA) is 75.4 Å². The van der Waals surface area contributed by atoms with Crippen LogP contribution in [0.2, 0.25) is 0 Å². The van der Waals surface area contributed by atoms with E-state index in [2.05, 4.69) is 5.32 Å². The number of benzene rings is 1. The molecule has 0 heterocycles. The zero-order valence-electron chi connectivity index (χ0n) is 10.6. The molecule has 4 N–H and O–H groups in total. The number of aliphatic hydroxyl groups excluding tert-OH is 1. The number of hydrogen-bond donors (Lipinski definition) is 3. The number of amides is 1. The highest BCUT2D eigenvalue weighted by molar-refractivity contribution is 5.99. The second-order valence-electron chi connectivity index (χ2n) is 4.90. The van der Waals surface area contributed by atoms with Gasteiger partial charge >= 0.3 is 0 Å². The van der Waals surface area contributed by atoms with Crippen molar-refractivity contribution in [2.45, 2.75) is 32.7 Å². The minimum atomic E-state index is -0.442. The van der Waals surface area contributed by atoms with Gasteiger partial charge in [0.2, 0.25) is 0 Å². The zero-order chi connectivity index (χ0) is 13.1. The zero-order valence-corrected chi connectivity index (χ0v) is 10.6. The molecule has 0 aliphatic carbocycles. The third-order valence-corrected chi connectivity index (χ3v) is 2.64. The van der Waals surface area contributed by atoms with Crippen molar-refractivity contribution in [3.63, 3.8) is 0 Å². The van der Waals surface area contributed by atoms with E-state index in [9.17, 15) is 4.79 Å². The summed E-state index contributed by atoms with van der Waals surface area (Å²) in [5.41, 5.74) is 7.27. The van der Waals surface area contributed by atoms with Crippen LogP contribution in [-0.2, 0) is 0 Å². The summed E-state index contributed by atoms with van der Waals surface area (Å²) in [6.45, 7) is 5.69. The first kappa shape index (κ1) is 13.5. The highest BCUT2D eigenvalue weighted by Gasteiger charge is 2.21. The smallest absolute Gasteiger partial charge is 0.253 e. The molecule has 1 aromatic rings. The fourth-order valence-corrected chi connectivity index (χ4v) is 1.58. The van der Waals surface area contributed by atoms with Crippen LogP contribution >= 0.6 is 0 Å². The third kappa shape index (κ3) is 3.75. The second-order valence-corrected chi connectivity index (χ2v) is 4.90. The standard InChI is InChI=1S/C13H20N2O2/c1-9-4-5-11(14)10(8-9)12(17)15-13(2,3)6-7-16/h4-5,8,16H,6-7,14H2,1-3H3,(H,15,17). The first-order chi connectivity index (χ1) is 7.85. The molecule has 0 saturated heterocycles. The molecule has 1 amide bonds. The molecular formula is C13H20N2O2. The lowest BCUT2D eigenvalue weighted by atomic mass is 10.00. The van der Waals surface area contributed by atoms with Crippen molar-refractivity contribution >= 4 is 11.6 Å². The van der Waals surface area contributed by atoms with E-state index in [-0.39, 0.29) is 12.5 Å². The molecule has 0 unspecified atom stereocenters. The van der Waals surface area contributed by atoms with Gasteiger partial charge in [0, 0.05) is 17.8 Å². The van der Waals surface area contributed by atoms with E-state index in [0.29, 0.717) is 17.7 Å². The third-order valence-electron chi connectivity index (χ3n) is 2.64. The highest BCUT2D eigenvalue weighted by Crippen LogP contribution is 2.16. The van der Waals surface area contributed by atoms with Gasteiger partial charge < -0.3 is 16.2 Å². The van der Waals surface area contributed by atoms with E-state index in [1.807, 2.05) is 26.8 Å². The van der Waals surface area contributed by atoms with Gasteiger partial charge in [0.1, 0.15) is 0 Å². The van der Waals surface area contributed by atoms with Crippen molar-refractivity contribution < 1.29 is 9.90 Å². The molecule has 0 spiro atoms. The largest absolute Gasteiger partial charge is 0.398 e. The molecule has 0 aliphatic heterocycles. The van der Waals surface area contributed by atoms with Gasteiger partial charge in [-0.05, 0) is 39.3 Å². The monoisotopic (exact) mass is 236 g/mol. The summed E-state index contributed by atoms with van der Waals surface area (Å²) in [6.07, 6.45) is 0.504. The fraction of sp³-hybridized carbons (Fsp3) is 0.462. The average Bonchev–Trinajstić information content (AvgIpc) is 2.20. The van der Waals surface area contributed by atoms with Gasteiger partial charge in [0.25, 0.3) is 5.91 Å². The summed E-state index contributed by atoms with van der Waals surface area (Å²) in [4.78, 5) is 12.0. The minimum Gasteiger partial charge on any atom is -0.398 e. The summed E-state index contributed by atoms with van der Waals surface area (Å²) in [7, 11) is 0. The number of hydrogen-bond acceptors (Lipinski definition) is 3. The second kappa shape index (κ2) is 5.19. The lowest BCUT2D eigenvalue weighted by Gasteiger charge is -2.25. The van der Waals surface area contributed by atoms with Crippen LogP contribution in [0.3, 0.4) is 0 Å². The Labute approximate surface area is 102 Å². The molecule has 17 heavy (non-hydrogen) atoms. The number of carbonyl (C=O) groups excluding carboxylic acids is 1. The van der Waals surface area contributed by atoms with Gasteiger partial charge in [-0.2, -0.15) is 0 Å². The van der Waals surface area contributed by atoms with Crippen molar-refractivity contribution in [1.82, 2.24) is 5.32 Å². The first-order valence-electron chi connectivity index (χ1n) is 5.65. The number of nitrogens with one attached hydrogen (secondary N) is 1. The maximum atomic E-state index is 12.0. The van der Waals surface area contributed by atoms with E-state index in [1.165, 1.54) is 0 Å². The minimum absolute atomic E-state index is 0.0383. The van der Waals surface area contributed by atoms with E-state index in [1.54, 1.807) is 12.1 Å². The molecular weight excluding hydrogens is 216 g/mol. The Hall–Kier alpha value is -1.55. The molecule has 0 fully saturated rings. The molecule has 0 aliphatic rings. The summed E-state index contributed by atoms with van der Waals surface area (Å²) in [6, 6.07) is 5.36. The predicted octanol–water partition coefficient (Wildman–Crippen LogP) is 1.47. The van der Waals surface area contributed by atoms with Crippen LogP contribution in [0.4, 0.5) is 5.69 Å². The van der Waals surface area contributed by atoms with Crippen molar-refractivity contribution in [2.75, 3.05) is 12.3 Å². The normalized spacial score (nSPS) is 11.3. The van der Waals surface area contributed by atoms with Crippen LogP contribution in [0.25, 0.3) is 0 Å². The van der Waals surface area contributed by atoms with Crippen molar-refractivity contribution in [1.29, 1.82) is 0 Å². The van der Waals surface area contributed by atoms with E-state index >= 15 is 0 Å². The Kier molecular flexibility index (Phi) is 4.12. The Balaban J connectivity index is 2.86. The summed E-state index contributed by atoms with van der Waals surface area (Å²) in [5, 5.41) is 11.8. The number of aliphatic hydroxyl groups is 1. The lowest BCUT2D eigenvalue weighted by molar-refractivity contribution is 0.0900. The van der Waals surface area contributed by atoms with E-state index in [4.69, 9.17) is 10.8 Å². The van der Waals surface area contributed by atoms with E-state index < -0.39 is 5.54 Å². The Morgan fingerprint density at radius 3 is 2.71 bits per heavy atom. The molecule has 0 bridgehead atoms. The molecule has 0 saturated carbocycles. The maximum absolute atomic E-state index is 12.0. The van der Waals surface area contributed by atoms with Gasteiger partial charge in [-0.25, -0.2) is 0 Å². The Morgan fingerprint density at radius 2 is 2.12 bits per heavy atom. The number of rotatable bonds is 4. The lowest BCUT2D eigenvalue weighted by Crippen LogP contribution is -2.44. The molecule has 94 valence electrons. The van der Waals surface area contributed by atoms with Crippen LogP contribution in [0.5, 0.6) is 0 Å². The molecule has 1 rings (SSSR count). The van der Waals surface area contributed by atoms with Gasteiger partial charge in [0.05, 0.1) is 5.56 Å². The molecule has 1 aromatic carbocycles. The van der Waals surface area contributed by atoms with Crippen molar-refractivity contribution in [2.24, 2.45) is 0 Å². The molecule has 0 radical (unpaired) electrons. The van der Waals surface area contributed by atoms with Crippen LogP contribution in [0, 0.1) is 6.92 Å². The molecule has 0 atom stereocenters. The molecule has 4 nitrogen and oxygen atoms in total. The van der Waals surface area contributed by atoms with Crippen molar-refractivity contribution in [3.8, 4) is 0 Å². The molecule has 4 heteroatoms. The van der Waals surface area contributed by atoms with Crippen molar-refractivity contribution in [3.05, 3.63) is 29.3 Å². The number of anilines is 1. The van der Waals surface area contributed by atoms with E-state index in [0.717, 1.165) is 5.56 Å². The first-order valence-corrected chi connectivity index (χ1v) is 5.65. The fourth-order valence-electron chi connectivity index (χ4n) is 1.58. The number of carbonyl (C=O) groups is 1. The quantitative estimate of drug-likeness (QED) is 0.693. The number of nitrogens with two attached hydrogens (primary N) is 1. The van der Waals surface area contributed by atoms with Gasteiger partial charge in [-0.1, -0.05) is 11.6 Å². The number of aryl methyl sites for hydroxylation is 1. The Bertz CT molecular complexity index is 414. The predicted molar refractivity (Wildman–Crippen MR) is 68.8 cm³/mol. The van der Waals surface area contributed by atoms with Crippen LogP contribution in [0.15, 0.2) is 18.2 Å². The number of nitrogen functional groups attached to an aromatic ring is 1. The average molecular weight is 236 g/mol. The van der Waals surface area contributed by atoms with Crippen LogP contribution < -0.4 is 11.1 Å². The van der Waals surface area contributed by atoms with Gasteiger partial charge in [0.15, 0.2) is 0 Å². The molecule has 0 aromatic heterocycles. The summed E-state index contributed by atoms with van der Waals surface area (Å²) in [5.74, 6) is -0.204. The highest BCUT2D eigenvalue weighted by atomic mass is 16.3. The Morgan fingerprint density at radius 1 is 1.47 bits per heavy atom. The van der Waals surface area contributed by atoms with Crippen LogP contribution in [0.1, 0.15) is 36.2 Å². The van der Waals surface area contributed by atoms with Gasteiger partial charge in [-0.15, -0.1) is 0 Å². The summed E-state index contributed by atoms with van der Waals surface area (Å²) >= 11 is 0. The summed E-state index contributed by atoms with van der Waals surface area (Å²) < 4.78 is 0. The SMILES string of the molecule is Cc1ccc(N)c(C(=O)NC(C)(C)CCO)c1. The maximum Gasteiger partial charge on any atom is 0.253 e.